The second kappa shape index (κ2) is 7.42. The fourth-order valence-corrected chi connectivity index (χ4v) is 3.37. The Labute approximate surface area is 137 Å². The first-order valence-electron chi connectivity index (χ1n) is 6.73. The van der Waals surface area contributed by atoms with Gasteiger partial charge in [-0.05, 0) is 19.1 Å². The van der Waals surface area contributed by atoms with E-state index in [9.17, 15) is 9.59 Å². The summed E-state index contributed by atoms with van der Waals surface area (Å²) in [5, 5.41) is 4.33. The van der Waals surface area contributed by atoms with Gasteiger partial charge in [-0.3, -0.25) is 9.59 Å². The van der Waals surface area contributed by atoms with E-state index in [1.54, 1.807) is 13.0 Å². The van der Waals surface area contributed by atoms with Crippen LogP contribution in [0.25, 0.3) is 16.2 Å². The molecular formula is C16H16ClNO3S. The fraction of sp³-hybridized carbons (Fsp3) is 0.250. The monoisotopic (exact) mass is 337 g/mol. The fourth-order valence-electron chi connectivity index (χ4n) is 1.97. The Morgan fingerprint density at radius 2 is 2.14 bits per heavy atom. The van der Waals surface area contributed by atoms with Crippen LogP contribution in [0.4, 0.5) is 0 Å². The van der Waals surface area contributed by atoms with Gasteiger partial charge >= 0.3 is 5.97 Å². The van der Waals surface area contributed by atoms with Crippen LogP contribution in [0.15, 0.2) is 30.3 Å². The SMILES string of the molecule is COC(=O)CC(C)NC(=O)/C=C/c1sc2ccccc2c1Cl. The van der Waals surface area contributed by atoms with E-state index in [1.165, 1.54) is 24.5 Å². The van der Waals surface area contributed by atoms with Gasteiger partial charge in [-0.2, -0.15) is 0 Å². The predicted molar refractivity (Wildman–Crippen MR) is 90.1 cm³/mol. The molecule has 0 bridgehead atoms. The van der Waals surface area contributed by atoms with Gasteiger partial charge in [-0.15, -0.1) is 11.3 Å². The van der Waals surface area contributed by atoms with Crippen LogP contribution in [0, 0.1) is 0 Å². The molecule has 0 saturated heterocycles. The van der Waals surface area contributed by atoms with Crippen molar-refractivity contribution < 1.29 is 14.3 Å². The van der Waals surface area contributed by atoms with Gasteiger partial charge in [-0.25, -0.2) is 0 Å². The Kier molecular flexibility index (Phi) is 5.57. The zero-order valence-corrected chi connectivity index (χ0v) is 13.8. The number of esters is 1. The third-order valence-corrected chi connectivity index (χ3v) is 4.69. The lowest BCUT2D eigenvalue weighted by Gasteiger charge is -2.10. The van der Waals surface area contributed by atoms with Crippen LogP contribution < -0.4 is 5.32 Å². The smallest absolute Gasteiger partial charge is 0.307 e. The highest BCUT2D eigenvalue weighted by Crippen LogP contribution is 2.35. The standard InChI is InChI=1S/C16H16ClNO3S/c1-10(9-15(20)21-2)18-14(19)8-7-13-16(17)11-5-3-4-6-12(11)22-13/h3-8,10H,9H2,1-2H3,(H,18,19)/b8-7+. The molecule has 2 rings (SSSR count). The van der Waals surface area contributed by atoms with Gasteiger partial charge in [0.05, 0.1) is 18.6 Å². The summed E-state index contributed by atoms with van der Waals surface area (Å²) in [7, 11) is 1.32. The van der Waals surface area contributed by atoms with Gasteiger partial charge in [-0.1, -0.05) is 29.8 Å². The van der Waals surface area contributed by atoms with Gasteiger partial charge in [0.15, 0.2) is 0 Å². The summed E-state index contributed by atoms with van der Waals surface area (Å²) < 4.78 is 5.63. The minimum Gasteiger partial charge on any atom is -0.469 e. The zero-order valence-electron chi connectivity index (χ0n) is 12.3. The van der Waals surface area contributed by atoms with Crippen molar-refractivity contribution in [1.29, 1.82) is 0 Å². The molecule has 0 saturated carbocycles. The van der Waals surface area contributed by atoms with E-state index in [4.69, 9.17) is 11.6 Å². The van der Waals surface area contributed by atoms with Gasteiger partial charge in [0.25, 0.3) is 0 Å². The largest absolute Gasteiger partial charge is 0.469 e. The average Bonchev–Trinajstić information content (AvgIpc) is 2.82. The Morgan fingerprint density at radius 1 is 1.41 bits per heavy atom. The van der Waals surface area contributed by atoms with Gasteiger partial charge in [0.1, 0.15) is 0 Å². The van der Waals surface area contributed by atoms with Crippen LogP contribution in [0.2, 0.25) is 5.02 Å². The Morgan fingerprint density at radius 3 is 2.82 bits per heavy atom. The number of thiophene rings is 1. The van der Waals surface area contributed by atoms with Crippen LogP contribution in [0.1, 0.15) is 18.2 Å². The van der Waals surface area contributed by atoms with Crippen molar-refractivity contribution in [2.75, 3.05) is 7.11 Å². The van der Waals surface area contributed by atoms with E-state index >= 15 is 0 Å². The molecule has 1 aromatic heterocycles. The number of carbonyl (C=O) groups excluding carboxylic acids is 2. The Bertz CT molecular complexity index is 723. The van der Waals surface area contributed by atoms with Crippen LogP contribution in [-0.4, -0.2) is 25.0 Å². The van der Waals surface area contributed by atoms with Crippen molar-refractivity contribution in [3.05, 3.63) is 40.2 Å². The summed E-state index contributed by atoms with van der Waals surface area (Å²) in [5.41, 5.74) is 0. The third-order valence-electron chi connectivity index (χ3n) is 3.04. The second-order valence-electron chi connectivity index (χ2n) is 4.80. The maximum atomic E-state index is 11.8. The Balaban J connectivity index is 2.02. The lowest BCUT2D eigenvalue weighted by molar-refractivity contribution is -0.141. The number of methoxy groups -OCH3 is 1. The topological polar surface area (TPSA) is 55.4 Å². The zero-order chi connectivity index (χ0) is 16.1. The molecule has 6 heteroatoms. The number of hydrogen-bond acceptors (Lipinski definition) is 4. The minimum atomic E-state index is -0.357. The highest BCUT2D eigenvalue weighted by molar-refractivity contribution is 7.20. The highest BCUT2D eigenvalue weighted by atomic mass is 35.5. The molecule has 0 aliphatic rings. The predicted octanol–water partition coefficient (Wildman–Crippen LogP) is 3.64. The van der Waals surface area contributed by atoms with E-state index in [-0.39, 0.29) is 24.3 Å². The number of halogens is 1. The normalized spacial score (nSPS) is 12.5. The molecule has 0 aliphatic heterocycles. The number of hydrogen-bond donors (Lipinski definition) is 1. The van der Waals surface area contributed by atoms with Crippen LogP contribution in [0.3, 0.4) is 0 Å². The number of ether oxygens (including phenoxy) is 1. The van der Waals surface area contributed by atoms with Crippen LogP contribution in [0.5, 0.6) is 0 Å². The van der Waals surface area contributed by atoms with E-state index < -0.39 is 0 Å². The van der Waals surface area contributed by atoms with Crippen molar-refractivity contribution in [3.8, 4) is 0 Å². The molecule has 2 aromatic rings. The van der Waals surface area contributed by atoms with Crippen molar-refractivity contribution >= 4 is 51.0 Å². The summed E-state index contributed by atoms with van der Waals surface area (Å²) in [4.78, 5) is 23.8. The first-order valence-corrected chi connectivity index (χ1v) is 7.93. The molecule has 1 aromatic carbocycles. The van der Waals surface area contributed by atoms with E-state index in [0.717, 1.165) is 15.0 Å². The molecular weight excluding hydrogens is 322 g/mol. The molecule has 1 N–H and O–H groups in total. The average molecular weight is 338 g/mol. The Hall–Kier alpha value is -1.85. The quantitative estimate of drug-likeness (QED) is 0.669. The van der Waals surface area contributed by atoms with Crippen molar-refractivity contribution in [2.24, 2.45) is 0 Å². The molecule has 0 radical (unpaired) electrons. The molecule has 0 aliphatic carbocycles. The first-order chi connectivity index (χ1) is 10.5. The first kappa shape index (κ1) is 16.5. The molecule has 1 amide bonds. The van der Waals surface area contributed by atoms with Gasteiger partial charge < -0.3 is 10.1 Å². The summed E-state index contributed by atoms with van der Waals surface area (Å²) in [6.45, 7) is 1.75. The number of amides is 1. The van der Waals surface area contributed by atoms with Crippen LogP contribution >= 0.6 is 22.9 Å². The molecule has 0 spiro atoms. The minimum absolute atomic E-state index is 0.139. The third kappa shape index (κ3) is 4.08. The summed E-state index contributed by atoms with van der Waals surface area (Å²) >= 11 is 7.83. The maximum absolute atomic E-state index is 11.8. The van der Waals surface area contributed by atoms with Crippen molar-refractivity contribution in [3.63, 3.8) is 0 Å². The molecule has 116 valence electrons. The number of nitrogens with one attached hydrogen (secondary N) is 1. The van der Waals surface area contributed by atoms with Crippen molar-refractivity contribution in [1.82, 2.24) is 5.32 Å². The summed E-state index contributed by atoms with van der Waals surface area (Å²) in [6.07, 6.45) is 3.25. The maximum Gasteiger partial charge on any atom is 0.307 e. The summed E-state index contributed by atoms with van der Waals surface area (Å²) in [6, 6.07) is 7.52. The van der Waals surface area contributed by atoms with Gasteiger partial charge in [0, 0.05) is 27.1 Å². The van der Waals surface area contributed by atoms with Crippen LogP contribution in [-0.2, 0) is 14.3 Å². The second-order valence-corrected chi connectivity index (χ2v) is 6.26. The lowest BCUT2D eigenvalue weighted by Crippen LogP contribution is -2.33. The van der Waals surface area contributed by atoms with Gasteiger partial charge in [0.2, 0.25) is 5.91 Å². The van der Waals surface area contributed by atoms with E-state index in [2.05, 4.69) is 10.1 Å². The van der Waals surface area contributed by atoms with E-state index in [0.29, 0.717) is 5.02 Å². The number of carbonyl (C=O) groups is 2. The molecule has 1 heterocycles. The summed E-state index contributed by atoms with van der Waals surface area (Å²) in [5.74, 6) is -0.630. The molecule has 22 heavy (non-hydrogen) atoms. The molecule has 1 atom stereocenters. The molecule has 0 fully saturated rings. The molecule has 1 unspecified atom stereocenters. The van der Waals surface area contributed by atoms with Crippen molar-refractivity contribution in [2.45, 2.75) is 19.4 Å². The number of fused-ring (bicyclic) bond motifs is 1. The lowest BCUT2D eigenvalue weighted by atomic mass is 10.2. The highest BCUT2D eigenvalue weighted by Gasteiger charge is 2.11. The number of benzene rings is 1. The molecule has 4 nitrogen and oxygen atoms in total. The van der Waals surface area contributed by atoms with E-state index in [1.807, 2.05) is 24.3 Å². The number of rotatable bonds is 5.